The molecule has 0 aliphatic heterocycles. The number of rotatable bonds is 2. The van der Waals surface area contributed by atoms with Crippen LogP contribution in [0.15, 0.2) is 33.5 Å². The third kappa shape index (κ3) is 1.94. The highest BCUT2D eigenvalue weighted by Gasteiger charge is 2.02. The Morgan fingerprint density at radius 2 is 2.07 bits per heavy atom. The minimum absolute atomic E-state index is 0.275. The van der Waals surface area contributed by atoms with Gasteiger partial charge in [-0.05, 0) is 36.6 Å². The Hall–Kier alpha value is -1.57. The lowest BCUT2D eigenvalue weighted by Crippen LogP contribution is -1.98. The lowest BCUT2D eigenvalue weighted by atomic mass is 10.1. The second-order valence-corrected chi connectivity index (χ2v) is 3.83. The van der Waals surface area contributed by atoms with Crippen molar-refractivity contribution in [2.45, 2.75) is 26.7 Å². The molecule has 1 aromatic carbocycles. The van der Waals surface area contributed by atoms with Crippen LogP contribution in [0.4, 0.5) is 0 Å². The van der Waals surface area contributed by atoms with Gasteiger partial charge in [0.25, 0.3) is 0 Å². The van der Waals surface area contributed by atoms with Crippen LogP contribution in [0.5, 0.6) is 0 Å². The molecule has 2 heteroatoms. The van der Waals surface area contributed by atoms with E-state index in [0.717, 1.165) is 23.8 Å². The van der Waals surface area contributed by atoms with Gasteiger partial charge in [0.1, 0.15) is 5.58 Å². The quantitative estimate of drug-likeness (QED) is 0.700. The molecule has 0 N–H and O–H groups in total. The van der Waals surface area contributed by atoms with Gasteiger partial charge in [0, 0.05) is 11.5 Å². The molecule has 0 unspecified atom stereocenters. The average Bonchev–Trinajstić information content (AvgIpc) is 2.19. The van der Waals surface area contributed by atoms with E-state index in [9.17, 15) is 4.79 Å². The van der Waals surface area contributed by atoms with Gasteiger partial charge < -0.3 is 4.42 Å². The first kappa shape index (κ1) is 9.97. The highest BCUT2D eigenvalue weighted by atomic mass is 16.4. The van der Waals surface area contributed by atoms with Crippen LogP contribution in [0, 0.1) is 6.92 Å². The SMILES string of the molecule is CCCc1ccc2oc(=O)cc(C)c2c1. The lowest BCUT2D eigenvalue weighted by Gasteiger charge is -2.03. The average molecular weight is 202 g/mol. The summed E-state index contributed by atoms with van der Waals surface area (Å²) < 4.78 is 5.12. The van der Waals surface area contributed by atoms with Crippen molar-refractivity contribution in [1.82, 2.24) is 0 Å². The third-order valence-electron chi connectivity index (χ3n) is 2.55. The number of fused-ring (bicyclic) bond motifs is 1. The Balaban J connectivity index is 2.66. The first-order chi connectivity index (χ1) is 7.20. The molecule has 0 aliphatic rings. The van der Waals surface area contributed by atoms with E-state index in [2.05, 4.69) is 13.0 Å². The molecular weight excluding hydrogens is 188 g/mol. The van der Waals surface area contributed by atoms with Crippen molar-refractivity contribution in [2.24, 2.45) is 0 Å². The summed E-state index contributed by atoms with van der Waals surface area (Å²) in [6.45, 7) is 4.09. The molecule has 78 valence electrons. The van der Waals surface area contributed by atoms with Gasteiger partial charge in [-0.25, -0.2) is 4.79 Å². The van der Waals surface area contributed by atoms with E-state index in [1.165, 1.54) is 11.6 Å². The van der Waals surface area contributed by atoms with Crippen LogP contribution in [-0.2, 0) is 6.42 Å². The van der Waals surface area contributed by atoms with Crippen molar-refractivity contribution in [3.05, 3.63) is 45.8 Å². The zero-order chi connectivity index (χ0) is 10.8. The minimum atomic E-state index is -0.275. The monoisotopic (exact) mass is 202 g/mol. The van der Waals surface area contributed by atoms with Gasteiger partial charge in [0.05, 0.1) is 0 Å². The zero-order valence-electron chi connectivity index (χ0n) is 9.04. The fourth-order valence-electron chi connectivity index (χ4n) is 1.81. The van der Waals surface area contributed by atoms with Gasteiger partial charge in [0.2, 0.25) is 0 Å². The first-order valence-electron chi connectivity index (χ1n) is 5.24. The van der Waals surface area contributed by atoms with Gasteiger partial charge in [-0.15, -0.1) is 0 Å². The summed E-state index contributed by atoms with van der Waals surface area (Å²) in [5.41, 5.74) is 2.68. The Morgan fingerprint density at radius 3 is 2.80 bits per heavy atom. The molecule has 1 aromatic heterocycles. The van der Waals surface area contributed by atoms with E-state index < -0.39 is 0 Å². The third-order valence-corrected chi connectivity index (χ3v) is 2.55. The molecule has 2 nitrogen and oxygen atoms in total. The van der Waals surface area contributed by atoms with Crippen LogP contribution in [0.2, 0.25) is 0 Å². The minimum Gasteiger partial charge on any atom is -0.423 e. The Kier molecular flexibility index (Phi) is 2.58. The highest BCUT2D eigenvalue weighted by molar-refractivity contribution is 5.80. The van der Waals surface area contributed by atoms with Crippen LogP contribution in [0.25, 0.3) is 11.0 Å². The predicted octanol–water partition coefficient (Wildman–Crippen LogP) is 3.05. The first-order valence-corrected chi connectivity index (χ1v) is 5.24. The fraction of sp³-hybridized carbons (Fsp3) is 0.308. The normalized spacial score (nSPS) is 10.8. The molecule has 0 spiro atoms. The number of aryl methyl sites for hydroxylation is 2. The van der Waals surface area contributed by atoms with Crippen molar-refractivity contribution < 1.29 is 4.42 Å². The molecule has 2 rings (SSSR count). The summed E-state index contributed by atoms with van der Waals surface area (Å²) in [7, 11) is 0. The van der Waals surface area contributed by atoms with Crippen molar-refractivity contribution in [1.29, 1.82) is 0 Å². The highest BCUT2D eigenvalue weighted by Crippen LogP contribution is 2.18. The molecule has 0 saturated heterocycles. The van der Waals surface area contributed by atoms with Crippen LogP contribution >= 0.6 is 0 Å². The molecule has 0 fully saturated rings. The molecule has 15 heavy (non-hydrogen) atoms. The van der Waals surface area contributed by atoms with Crippen molar-refractivity contribution >= 4 is 11.0 Å². The van der Waals surface area contributed by atoms with E-state index in [-0.39, 0.29) is 5.63 Å². The van der Waals surface area contributed by atoms with Gasteiger partial charge in [-0.1, -0.05) is 19.4 Å². The van der Waals surface area contributed by atoms with Gasteiger partial charge in [0.15, 0.2) is 0 Å². The summed E-state index contributed by atoms with van der Waals surface area (Å²) in [4.78, 5) is 11.1. The topological polar surface area (TPSA) is 30.2 Å². The molecule has 0 saturated carbocycles. The van der Waals surface area contributed by atoms with Gasteiger partial charge >= 0.3 is 5.63 Å². The van der Waals surface area contributed by atoms with E-state index in [1.807, 2.05) is 19.1 Å². The predicted molar refractivity (Wildman–Crippen MR) is 61.2 cm³/mol. The van der Waals surface area contributed by atoms with Gasteiger partial charge in [-0.2, -0.15) is 0 Å². The maximum Gasteiger partial charge on any atom is 0.336 e. The fourth-order valence-corrected chi connectivity index (χ4v) is 1.81. The second kappa shape index (κ2) is 3.89. The van der Waals surface area contributed by atoms with E-state index in [1.54, 1.807) is 0 Å². The lowest BCUT2D eigenvalue weighted by molar-refractivity contribution is 0.559. The largest absolute Gasteiger partial charge is 0.423 e. The molecule has 0 aliphatic carbocycles. The van der Waals surface area contributed by atoms with E-state index in [0.29, 0.717) is 5.58 Å². The zero-order valence-corrected chi connectivity index (χ0v) is 9.04. The molecular formula is C13H14O2. The number of benzene rings is 1. The molecule has 0 radical (unpaired) electrons. The smallest absolute Gasteiger partial charge is 0.336 e. The molecule has 0 bridgehead atoms. The molecule has 1 heterocycles. The van der Waals surface area contributed by atoms with Crippen molar-refractivity contribution in [3.8, 4) is 0 Å². The molecule has 2 aromatic rings. The Labute approximate surface area is 88.5 Å². The van der Waals surface area contributed by atoms with Crippen LogP contribution < -0.4 is 5.63 Å². The molecule has 0 amide bonds. The Bertz CT molecular complexity index is 538. The standard InChI is InChI=1S/C13H14O2/c1-3-4-10-5-6-12-11(8-10)9(2)7-13(14)15-12/h5-8H,3-4H2,1-2H3. The van der Waals surface area contributed by atoms with E-state index in [4.69, 9.17) is 4.42 Å². The molecule has 0 atom stereocenters. The summed E-state index contributed by atoms with van der Waals surface area (Å²) >= 11 is 0. The van der Waals surface area contributed by atoms with Crippen LogP contribution in [-0.4, -0.2) is 0 Å². The summed E-state index contributed by atoms with van der Waals surface area (Å²) in [6.07, 6.45) is 2.19. The van der Waals surface area contributed by atoms with E-state index >= 15 is 0 Å². The Morgan fingerprint density at radius 1 is 1.27 bits per heavy atom. The van der Waals surface area contributed by atoms with Crippen LogP contribution in [0.1, 0.15) is 24.5 Å². The van der Waals surface area contributed by atoms with Crippen molar-refractivity contribution in [2.75, 3.05) is 0 Å². The summed E-state index contributed by atoms with van der Waals surface area (Å²) in [5.74, 6) is 0. The van der Waals surface area contributed by atoms with Gasteiger partial charge in [-0.3, -0.25) is 0 Å². The second-order valence-electron chi connectivity index (χ2n) is 3.83. The number of hydrogen-bond acceptors (Lipinski definition) is 2. The summed E-state index contributed by atoms with van der Waals surface area (Å²) in [6, 6.07) is 7.55. The maximum atomic E-state index is 11.1. The maximum absolute atomic E-state index is 11.1. The summed E-state index contributed by atoms with van der Waals surface area (Å²) in [5, 5.41) is 1.04. The van der Waals surface area contributed by atoms with Crippen LogP contribution in [0.3, 0.4) is 0 Å². The number of hydrogen-bond donors (Lipinski definition) is 0. The van der Waals surface area contributed by atoms with Crippen molar-refractivity contribution in [3.63, 3.8) is 0 Å².